The molecule has 1 fully saturated rings. The molecule has 0 bridgehead atoms. The fourth-order valence-corrected chi connectivity index (χ4v) is 2.13. The molecular weight excluding hydrogens is 260 g/mol. The Labute approximate surface area is 119 Å². The van der Waals surface area contributed by atoms with Crippen LogP contribution in [0, 0.1) is 5.92 Å². The maximum atomic E-state index is 11.8. The van der Waals surface area contributed by atoms with Crippen molar-refractivity contribution in [2.24, 2.45) is 11.8 Å². The largest absolute Gasteiger partial charge is 0.626 e. The second kappa shape index (κ2) is 6.72. The summed E-state index contributed by atoms with van der Waals surface area (Å²) in [5.41, 5.74) is 0.233. The molecule has 0 aromatic carbocycles. The third-order valence-corrected chi connectivity index (χ3v) is 3.11. The van der Waals surface area contributed by atoms with Gasteiger partial charge in [0.05, 0.1) is 12.5 Å². The summed E-state index contributed by atoms with van der Waals surface area (Å²) < 4.78 is 11.3. The van der Waals surface area contributed by atoms with Gasteiger partial charge in [0.15, 0.2) is 5.71 Å². The lowest BCUT2D eigenvalue weighted by atomic mass is 9.88. The number of rotatable bonds is 2. The first-order chi connectivity index (χ1) is 9.24. The molecule has 0 radical (unpaired) electrons. The lowest BCUT2D eigenvalue weighted by molar-refractivity contribution is -0.464. The van der Waals surface area contributed by atoms with Gasteiger partial charge in [-0.2, -0.15) is 10.6 Å². The number of hydrazone groups is 1. The summed E-state index contributed by atoms with van der Waals surface area (Å²) in [5.74, 6) is 5.53. The van der Waals surface area contributed by atoms with Gasteiger partial charge in [0, 0.05) is 12.8 Å². The zero-order valence-electron chi connectivity index (χ0n) is 12.8. The highest BCUT2D eigenvalue weighted by Crippen LogP contribution is 2.23. The molecule has 0 aromatic heterocycles. The maximum Gasteiger partial charge on any atom is 0.626 e. The molecule has 1 saturated carbocycles. The Balaban J connectivity index is 2.61. The second-order valence-electron chi connectivity index (χ2n) is 5.94. The number of hydrogen-bond donors (Lipinski definition) is 1. The Hall–Kier alpha value is -1.59. The zero-order valence-corrected chi connectivity index (χ0v) is 12.8. The highest BCUT2D eigenvalue weighted by molar-refractivity contribution is 5.86. The topological polar surface area (TPSA) is 81.6 Å². The van der Waals surface area contributed by atoms with Crippen LogP contribution in [-0.2, 0) is 14.3 Å². The average Bonchev–Trinajstić information content (AvgIpc) is 2.36. The maximum absolute atomic E-state index is 11.8. The van der Waals surface area contributed by atoms with E-state index in [-0.39, 0.29) is 11.9 Å². The van der Waals surface area contributed by atoms with Gasteiger partial charge < -0.3 is 9.47 Å². The molecular formula is C14H25N2O4+. The minimum absolute atomic E-state index is 0.0919. The predicted molar refractivity (Wildman–Crippen MR) is 74.3 cm³/mol. The number of ether oxygens (including phenoxy) is 2. The Morgan fingerprint density at radius 3 is 2.30 bits per heavy atom. The number of amides is 1. The quantitative estimate of drug-likeness (QED) is 0.276. The third-order valence-electron chi connectivity index (χ3n) is 3.11. The first-order valence-corrected chi connectivity index (χ1v) is 7.03. The molecule has 0 atom stereocenters. The van der Waals surface area contributed by atoms with Crippen LogP contribution in [0.2, 0.25) is 0 Å². The molecule has 0 saturated heterocycles. The third kappa shape index (κ3) is 4.83. The van der Waals surface area contributed by atoms with Crippen LogP contribution in [0.4, 0.5) is 4.79 Å². The van der Waals surface area contributed by atoms with Crippen LogP contribution < -0.4 is 5.84 Å². The molecule has 6 nitrogen and oxygen atoms in total. The van der Waals surface area contributed by atoms with Crippen LogP contribution >= 0.6 is 0 Å². The lowest BCUT2D eigenvalue weighted by Gasteiger charge is -2.20. The Morgan fingerprint density at radius 2 is 1.85 bits per heavy atom. The van der Waals surface area contributed by atoms with Gasteiger partial charge in [-0.3, -0.25) is 4.79 Å². The van der Waals surface area contributed by atoms with Crippen LogP contribution in [0.15, 0.2) is 0 Å². The van der Waals surface area contributed by atoms with Crippen LogP contribution in [0.1, 0.15) is 53.4 Å². The highest BCUT2D eigenvalue weighted by Gasteiger charge is 2.33. The molecule has 20 heavy (non-hydrogen) atoms. The van der Waals surface area contributed by atoms with E-state index < -0.39 is 11.7 Å². The second-order valence-corrected chi connectivity index (χ2v) is 5.94. The van der Waals surface area contributed by atoms with E-state index >= 15 is 0 Å². The molecule has 0 spiro atoms. The van der Waals surface area contributed by atoms with Crippen molar-refractivity contribution in [2.75, 3.05) is 6.61 Å². The van der Waals surface area contributed by atoms with Crippen molar-refractivity contribution in [3.8, 4) is 0 Å². The molecule has 114 valence electrons. The molecule has 1 aliphatic carbocycles. The SMILES string of the molecule is CCOC(=O)C1CCC(=[N+](N)C(=O)OC(C)(C)C)CC1. The number of carbonyl (C=O) groups is 2. The predicted octanol–water partition coefficient (Wildman–Crippen LogP) is 2.00. The normalized spacial score (nSPS) is 19.4. The first-order valence-electron chi connectivity index (χ1n) is 7.03. The standard InChI is InChI=1S/C14H25N2O4/c1-5-19-12(17)10-6-8-11(9-7-10)16(15)13(18)20-14(2,3)4/h10H,5-9,15H2,1-4H3/q+1. The fraction of sp³-hybridized carbons (Fsp3) is 0.786. The zero-order chi connectivity index (χ0) is 15.3. The van der Waals surface area contributed by atoms with Crippen LogP contribution in [0.25, 0.3) is 0 Å². The summed E-state index contributed by atoms with van der Waals surface area (Å²) in [6, 6.07) is 0. The number of nitrogens with two attached hydrogens (primary N) is 1. The molecule has 1 aliphatic rings. The molecule has 2 N–H and O–H groups in total. The Morgan fingerprint density at radius 1 is 1.30 bits per heavy atom. The van der Waals surface area contributed by atoms with E-state index in [1.807, 2.05) is 0 Å². The number of carbonyl (C=O) groups excluding carboxylic acids is 2. The van der Waals surface area contributed by atoms with E-state index in [0.717, 1.165) is 10.4 Å². The van der Waals surface area contributed by atoms with Crippen molar-refractivity contribution >= 4 is 17.8 Å². The highest BCUT2D eigenvalue weighted by atomic mass is 16.6. The molecule has 0 aliphatic heterocycles. The summed E-state index contributed by atoms with van der Waals surface area (Å²) in [5, 5.41) is 0. The van der Waals surface area contributed by atoms with Gasteiger partial charge in [-0.15, -0.1) is 0 Å². The molecule has 0 unspecified atom stereocenters. The van der Waals surface area contributed by atoms with Crippen molar-refractivity contribution in [1.82, 2.24) is 0 Å². The van der Waals surface area contributed by atoms with Crippen LogP contribution in [0.5, 0.6) is 0 Å². The molecule has 6 heteroatoms. The molecule has 0 aromatic rings. The Kier molecular flexibility index (Phi) is 5.53. The number of esters is 1. The van der Waals surface area contributed by atoms with Crippen molar-refractivity contribution in [3.05, 3.63) is 0 Å². The van der Waals surface area contributed by atoms with E-state index in [0.29, 0.717) is 32.3 Å². The summed E-state index contributed by atoms with van der Waals surface area (Å²) in [6.45, 7) is 7.57. The first kappa shape index (κ1) is 16.5. The molecule has 0 heterocycles. The minimum atomic E-state index is -0.572. The minimum Gasteiger partial charge on any atom is -0.466 e. The van der Waals surface area contributed by atoms with Gasteiger partial charge >= 0.3 is 12.1 Å². The van der Waals surface area contributed by atoms with Gasteiger partial charge in [0.1, 0.15) is 5.60 Å². The number of nitrogens with zero attached hydrogens (tertiary/aromatic N) is 1. The monoisotopic (exact) mass is 285 g/mol. The van der Waals surface area contributed by atoms with E-state index in [1.165, 1.54) is 0 Å². The van der Waals surface area contributed by atoms with E-state index in [9.17, 15) is 9.59 Å². The molecule has 1 rings (SSSR count). The average molecular weight is 285 g/mol. The van der Waals surface area contributed by atoms with Gasteiger partial charge in [-0.1, -0.05) is 0 Å². The van der Waals surface area contributed by atoms with Crippen LogP contribution in [0.3, 0.4) is 0 Å². The number of hydrogen-bond acceptors (Lipinski definition) is 5. The smallest absolute Gasteiger partial charge is 0.466 e. The van der Waals surface area contributed by atoms with Crippen molar-refractivity contribution in [2.45, 2.75) is 59.0 Å². The van der Waals surface area contributed by atoms with Crippen LogP contribution in [-0.4, -0.2) is 34.7 Å². The van der Waals surface area contributed by atoms with Crippen molar-refractivity contribution in [3.63, 3.8) is 0 Å². The number of hydrazine groups is 1. The van der Waals surface area contributed by atoms with E-state index in [4.69, 9.17) is 15.3 Å². The van der Waals surface area contributed by atoms with Gasteiger partial charge in [-0.25, -0.2) is 0 Å². The summed E-state index contributed by atoms with van der Waals surface area (Å²) in [6.07, 6.45) is 1.98. The summed E-state index contributed by atoms with van der Waals surface area (Å²) >= 11 is 0. The Bertz CT molecular complexity index is 400. The van der Waals surface area contributed by atoms with Gasteiger partial charge in [-0.05, 0) is 45.2 Å². The van der Waals surface area contributed by atoms with Crippen molar-refractivity contribution < 1.29 is 23.7 Å². The fourth-order valence-electron chi connectivity index (χ4n) is 2.13. The van der Waals surface area contributed by atoms with E-state index in [2.05, 4.69) is 0 Å². The van der Waals surface area contributed by atoms with Crippen molar-refractivity contribution in [1.29, 1.82) is 0 Å². The summed E-state index contributed by atoms with van der Waals surface area (Å²) in [4.78, 5) is 23.5. The van der Waals surface area contributed by atoms with Gasteiger partial charge in [0.2, 0.25) is 0 Å². The summed E-state index contributed by atoms with van der Waals surface area (Å²) in [7, 11) is 0. The molecule has 1 amide bonds. The van der Waals surface area contributed by atoms with E-state index in [1.54, 1.807) is 27.7 Å². The lowest BCUT2D eigenvalue weighted by Crippen LogP contribution is -2.40. The van der Waals surface area contributed by atoms with Gasteiger partial charge in [0.25, 0.3) is 0 Å².